The number of thioether (sulfide) groups is 1. The minimum atomic E-state index is 0.541. The van der Waals surface area contributed by atoms with Crippen LogP contribution in [-0.4, -0.2) is 43.4 Å². The predicted molar refractivity (Wildman–Crippen MR) is 82.3 cm³/mol. The lowest BCUT2D eigenvalue weighted by atomic mass is 10.1. The van der Waals surface area contributed by atoms with Crippen LogP contribution in [0.25, 0.3) is 0 Å². The average molecular weight is 281 g/mol. The third-order valence-corrected chi connectivity index (χ3v) is 4.03. The third kappa shape index (κ3) is 4.55. The summed E-state index contributed by atoms with van der Waals surface area (Å²) in [6.45, 7) is 3.00. The highest BCUT2D eigenvalue weighted by molar-refractivity contribution is 7.98. The van der Waals surface area contributed by atoms with E-state index in [2.05, 4.69) is 25.1 Å². The van der Waals surface area contributed by atoms with Gasteiger partial charge in [-0.3, -0.25) is 9.69 Å². The van der Waals surface area contributed by atoms with Crippen LogP contribution in [-0.2, 0) is 6.54 Å². The number of hydrogen-bond donors (Lipinski definition) is 0. The monoisotopic (exact) mass is 281 g/mol. The van der Waals surface area contributed by atoms with Crippen LogP contribution in [0.1, 0.15) is 29.3 Å². The normalized spacial score (nSPS) is 12.5. The quantitative estimate of drug-likeness (QED) is 0.685. The molecule has 3 nitrogen and oxygen atoms in total. The van der Waals surface area contributed by atoms with E-state index in [1.54, 1.807) is 13.2 Å². The molecule has 0 aliphatic heterocycles. The third-order valence-electron chi connectivity index (χ3n) is 3.31. The van der Waals surface area contributed by atoms with Gasteiger partial charge in [0.2, 0.25) is 0 Å². The van der Waals surface area contributed by atoms with Crippen LogP contribution in [0.2, 0.25) is 0 Å². The molecule has 0 bridgehead atoms. The average Bonchev–Trinajstić information content (AvgIpc) is 2.44. The van der Waals surface area contributed by atoms with Crippen molar-refractivity contribution in [1.29, 1.82) is 0 Å². The highest BCUT2D eigenvalue weighted by atomic mass is 32.2. The number of hydrogen-bond acceptors (Lipinski definition) is 4. The van der Waals surface area contributed by atoms with Crippen LogP contribution in [0, 0.1) is 0 Å². The topological polar surface area (TPSA) is 29.5 Å². The molecule has 0 saturated carbocycles. The molecule has 0 amide bonds. The molecule has 106 valence electrons. The number of carbonyl (C=O) groups is 1. The Balaban J connectivity index is 2.87. The fourth-order valence-electron chi connectivity index (χ4n) is 2.14. The lowest BCUT2D eigenvalue weighted by molar-refractivity contribution is 0.112. The van der Waals surface area contributed by atoms with Crippen LogP contribution < -0.4 is 4.74 Å². The summed E-state index contributed by atoms with van der Waals surface area (Å²) >= 11 is 1.86. The predicted octanol–water partition coefficient (Wildman–Crippen LogP) is 3.08. The maximum absolute atomic E-state index is 10.9. The van der Waals surface area contributed by atoms with Crippen molar-refractivity contribution in [3.63, 3.8) is 0 Å². The van der Waals surface area contributed by atoms with Gasteiger partial charge in [0.05, 0.1) is 7.11 Å². The van der Waals surface area contributed by atoms with Gasteiger partial charge in [0.1, 0.15) is 12.0 Å². The molecule has 1 rings (SSSR count). The molecule has 0 aliphatic rings. The van der Waals surface area contributed by atoms with Crippen LogP contribution in [0.5, 0.6) is 5.75 Å². The molecular formula is C15H23NO2S. The molecule has 1 aromatic carbocycles. The molecule has 0 aromatic heterocycles. The van der Waals surface area contributed by atoms with E-state index in [0.717, 1.165) is 36.3 Å². The van der Waals surface area contributed by atoms with Crippen LogP contribution in [0.4, 0.5) is 0 Å². The van der Waals surface area contributed by atoms with E-state index >= 15 is 0 Å². The summed E-state index contributed by atoms with van der Waals surface area (Å²) in [5.41, 5.74) is 1.76. The SMILES string of the molecule is CCC(CSC)N(C)Cc1cc(C=O)ccc1OC. The van der Waals surface area contributed by atoms with Gasteiger partial charge in [-0.25, -0.2) is 0 Å². The van der Waals surface area contributed by atoms with E-state index in [0.29, 0.717) is 11.6 Å². The van der Waals surface area contributed by atoms with Crippen molar-refractivity contribution in [2.45, 2.75) is 25.9 Å². The zero-order valence-corrected chi connectivity index (χ0v) is 13.0. The van der Waals surface area contributed by atoms with Crippen molar-refractivity contribution in [1.82, 2.24) is 4.90 Å². The molecule has 0 radical (unpaired) electrons. The first-order valence-corrected chi connectivity index (χ1v) is 7.86. The summed E-state index contributed by atoms with van der Waals surface area (Å²) in [6, 6.07) is 6.10. The Hall–Kier alpha value is -1.00. The Morgan fingerprint density at radius 2 is 2.21 bits per heavy atom. The number of benzene rings is 1. The number of aldehydes is 1. The first kappa shape index (κ1) is 16.1. The Morgan fingerprint density at radius 1 is 1.47 bits per heavy atom. The standard InChI is InChI=1S/C15H23NO2S/c1-5-14(11-19-4)16(2)9-13-8-12(10-17)6-7-15(13)18-3/h6-8,10,14H,5,9,11H2,1-4H3. The van der Waals surface area contributed by atoms with E-state index < -0.39 is 0 Å². The lowest BCUT2D eigenvalue weighted by Gasteiger charge is -2.27. The van der Waals surface area contributed by atoms with Gasteiger partial charge in [0.15, 0.2) is 0 Å². The van der Waals surface area contributed by atoms with Gasteiger partial charge in [-0.05, 0) is 37.9 Å². The fourth-order valence-corrected chi connectivity index (χ4v) is 3.02. The van der Waals surface area contributed by atoms with E-state index in [-0.39, 0.29) is 0 Å². The van der Waals surface area contributed by atoms with Crippen molar-refractivity contribution < 1.29 is 9.53 Å². The van der Waals surface area contributed by atoms with Crippen LogP contribution in [0.15, 0.2) is 18.2 Å². The summed E-state index contributed by atoms with van der Waals surface area (Å²) < 4.78 is 5.37. The minimum Gasteiger partial charge on any atom is -0.496 e. The van der Waals surface area contributed by atoms with Crippen molar-refractivity contribution in [3.8, 4) is 5.75 Å². The van der Waals surface area contributed by atoms with Gasteiger partial charge in [0.25, 0.3) is 0 Å². The molecule has 1 unspecified atom stereocenters. The van der Waals surface area contributed by atoms with Crippen molar-refractivity contribution in [3.05, 3.63) is 29.3 Å². The Labute approximate surface area is 120 Å². The number of nitrogens with zero attached hydrogens (tertiary/aromatic N) is 1. The first-order chi connectivity index (χ1) is 9.15. The second kappa shape index (κ2) is 8.23. The van der Waals surface area contributed by atoms with E-state index in [9.17, 15) is 4.79 Å². The molecule has 0 spiro atoms. The van der Waals surface area contributed by atoms with E-state index in [1.807, 2.05) is 23.9 Å². The summed E-state index contributed by atoms with van der Waals surface area (Å²) in [5.74, 6) is 1.96. The molecule has 0 aliphatic carbocycles. The summed E-state index contributed by atoms with van der Waals surface area (Å²) in [6.07, 6.45) is 4.12. The highest BCUT2D eigenvalue weighted by Crippen LogP contribution is 2.22. The van der Waals surface area contributed by atoms with Gasteiger partial charge in [-0.2, -0.15) is 11.8 Å². The molecule has 19 heavy (non-hydrogen) atoms. The van der Waals surface area contributed by atoms with Crippen molar-refractivity contribution >= 4 is 18.0 Å². The maximum atomic E-state index is 10.9. The van der Waals surface area contributed by atoms with Gasteiger partial charge >= 0.3 is 0 Å². The van der Waals surface area contributed by atoms with Crippen LogP contribution in [0.3, 0.4) is 0 Å². The van der Waals surface area contributed by atoms with Gasteiger partial charge in [0, 0.05) is 29.5 Å². The molecule has 0 N–H and O–H groups in total. The number of rotatable bonds is 8. The minimum absolute atomic E-state index is 0.541. The van der Waals surface area contributed by atoms with E-state index in [4.69, 9.17) is 4.74 Å². The Morgan fingerprint density at radius 3 is 2.74 bits per heavy atom. The fraction of sp³-hybridized carbons (Fsp3) is 0.533. The summed E-state index contributed by atoms with van der Waals surface area (Å²) in [4.78, 5) is 13.2. The first-order valence-electron chi connectivity index (χ1n) is 6.47. The Kier molecular flexibility index (Phi) is 6.95. The van der Waals surface area contributed by atoms with Crippen molar-refractivity contribution in [2.24, 2.45) is 0 Å². The zero-order chi connectivity index (χ0) is 14.3. The van der Waals surface area contributed by atoms with Crippen molar-refractivity contribution in [2.75, 3.05) is 26.2 Å². The number of carbonyl (C=O) groups excluding carboxylic acids is 1. The molecule has 4 heteroatoms. The Bertz CT molecular complexity index is 409. The van der Waals surface area contributed by atoms with Gasteiger partial charge in [-0.1, -0.05) is 6.92 Å². The molecule has 1 atom stereocenters. The lowest BCUT2D eigenvalue weighted by Crippen LogP contribution is -2.32. The van der Waals surface area contributed by atoms with Gasteiger partial charge < -0.3 is 4.74 Å². The molecule has 0 saturated heterocycles. The largest absolute Gasteiger partial charge is 0.496 e. The second-order valence-corrected chi connectivity index (χ2v) is 5.53. The molecular weight excluding hydrogens is 258 g/mol. The zero-order valence-electron chi connectivity index (χ0n) is 12.2. The smallest absolute Gasteiger partial charge is 0.150 e. The van der Waals surface area contributed by atoms with Crippen LogP contribution >= 0.6 is 11.8 Å². The summed E-state index contributed by atoms with van der Waals surface area (Å²) in [7, 11) is 3.79. The van der Waals surface area contributed by atoms with Gasteiger partial charge in [-0.15, -0.1) is 0 Å². The number of ether oxygens (including phenoxy) is 1. The molecule has 1 aromatic rings. The molecule has 0 fully saturated rings. The second-order valence-electron chi connectivity index (χ2n) is 4.62. The maximum Gasteiger partial charge on any atom is 0.150 e. The summed E-state index contributed by atoms with van der Waals surface area (Å²) in [5, 5.41) is 0. The molecule has 0 heterocycles. The number of methoxy groups -OCH3 is 1. The van der Waals surface area contributed by atoms with E-state index in [1.165, 1.54) is 0 Å². The highest BCUT2D eigenvalue weighted by Gasteiger charge is 2.14.